The fourth-order valence-electron chi connectivity index (χ4n) is 5.69. The fraction of sp³-hybridized carbons (Fsp3) is 0.571. The molecule has 0 atom stereocenters. The summed E-state index contributed by atoms with van der Waals surface area (Å²) in [5.41, 5.74) is 2.21. The van der Waals surface area contributed by atoms with E-state index in [2.05, 4.69) is 19.8 Å². The maximum absolute atomic E-state index is 10.8. The number of aromatic nitrogens is 2. The van der Waals surface area contributed by atoms with Crippen LogP contribution in [-0.4, -0.2) is 96.4 Å². The Labute approximate surface area is 259 Å². The summed E-state index contributed by atoms with van der Waals surface area (Å²) in [6.07, 6.45) is 7.37. The molecule has 2 aromatic rings. The molecular weight excluding hydrogens is 502 g/mol. The van der Waals surface area contributed by atoms with Crippen LogP contribution in [-0.2, 0) is 9.47 Å². The average Bonchev–Trinajstić information content (AvgIpc) is 2.88. The van der Waals surface area contributed by atoms with Crippen LogP contribution < -0.4 is 47.9 Å². The molecule has 4 aliphatic rings. The number of ether oxygens (including phenoxy) is 2. The van der Waals surface area contributed by atoms with Gasteiger partial charge in [-0.1, -0.05) is 0 Å². The second-order valence-corrected chi connectivity index (χ2v) is 10.5. The molecule has 0 unspecified atom stereocenters. The molecule has 4 saturated heterocycles. The summed E-state index contributed by atoms with van der Waals surface area (Å²) in [5, 5.41) is 21.7. The van der Waals surface area contributed by atoms with Crippen molar-refractivity contribution in [3.8, 4) is 0 Å². The van der Waals surface area contributed by atoms with Crippen molar-refractivity contribution in [2.45, 2.75) is 49.6 Å². The van der Waals surface area contributed by atoms with Gasteiger partial charge in [-0.05, 0) is 99.1 Å². The van der Waals surface area contributed by atoms with Gasteiger partial charge in [-0.15, -0.1) is 0 Å². The molecule has 40 heavy (non-hydrogen) atoms. The van der Waals surface area contributed by atoms with Gasteiger partial charge in [0.2, 0.25) is 0 Å². The van der Waals surface area contributed by atoms with Crippen LogP contribution in [0.1, 0.15) is 69.6 Å². The summed E-state index contributed by atoms with van der Waals surface area (Å²) in [4.78, 5) is 34.2. The molecule has 6 heterocycles. The minimum absolute atomic E-state index is 0. The van der Waals surface area contributed by atoms with E-state index in [0.29, 0.717) is 23.9 Å². The van der Waals surface area contributed by atoms with E-state index in [4.69, 9.17) is 9.47 Å². The molecular formula is C28H34Li2N4O6. The van der Waals surface area contributed by atoms with Crippen LogP contribution in [0.3, 0.4) is 0 Å². The zero-order chi connectivity index (χ0) is 26.5. The molecule has 0 saturated carbocycles. The minimum atomic E-state index is -1.20. The van der Waals surface area contributed by atoms with Crippen LogP contribution >= 0.6 is 0 Å². The van der Waals surface area contributed by atoms with Gasteiger partial charge in [-0.3, -0.25) is 19.8 Å². The average molecular weight is 536 g/mol. The zero-order valence-electron chi connectivity index (χ0n) is 23.5. The van der Waals surface area contributed by atoms with E-state index in [9.17, 15) is 19.8 Å². The molecule has 0 spiro atoms. The number of carboxylic acids is 2. The van der Waals surface area contributed by atoms with Crippen molar-refractivity contribution in [1.29, 1.82) is 0 Å². The van der Waals surface area contributed by atoms with Gasteiger partial charge in [0.25, 0.3) is 0 Å². The number of carbonyl (C=O) groups excluding carboxylic acids is 2. The van der Waals surface area contributed by atoms with E-state index < -0.39 is 11.9 Å². The predicted molar refractivity (Wildman–Crippen MR) is 133 cm³/mol. The van der Waals surface area contributed by atoms with Crippen molar-refractivity contribution >= 4 is 11.9 Å². The van der Waals surface area contributed by atoms with Crippen molar-refractivity contribution in [2.24, 2.45) is 0 Å². The van der Waals surface area contributed by atoms with Crippen LogP contribution in [0, 0.1) is 0 Å². The molecule has 10 nitrogen and oxygen atoms in total. The Morgan fingerprint density at radius 1 is 0.675 bits per heavy atom. The molecule has 204 valence electrons. The molecule has 6 rings (SSSR count). The van der Waals surface area contributed by atoms with Crippen LogP contribution in [0.15, 0.2) is 36.7 Å². The minimum Gasteiger partial charge on any atom is -0.543 e. The monoisotopic (exact) mass is 536 g/mol. The van der Waals surface area contributed by atoms with Crippen molar-refractivity contribution in [3.05, 3.63) is 59.2 Å². The molecule has 0 amide bonds. The number of piperidine rings is 2. The number of aromatic carboxylic acids is 2. The van der Waals surface area contributed by atoms with Crippen molar-refractivity contribution in [3.63, 3.8) is 0 Å². The van der Waals surface area contributed by atoms with E-state index in [-0.39, 0.29) is 49.1 Å². The Morgan fingerprint density at radius 3 is 1.30 bits per heavy atom. The number of carboxylic acid groups (broad SMARTS) is 2. The van der Waals surface area contributed by atoms with Gasteiger partial charge >= 0.3 is 37.7 Å². The maximum Gasteiger partial charge on any atom is 1.00 e. The SMILES string of the molecule is O=C([O-])c1cc(C2CCN(C3COC3)CC2)ccn1.O=C([O-])c1cc(C2CCN(C3COC3)CC2)ccn1.[Li+].[Li+]. The molecule has 0 aliphatic carbocycles. The second kappa shape index (κ2) is 15.5. The Balaban J connectivity index is 0.000000210. The molecule has 12 heteroatoms. The summed E-state index contributed by atoms with van der Waals surface area (Å²) in [7, 11) is 0. The third-order valence-corrected chi connectivity index (χ3v) is 8.26. The summed E-state index contributed by atoms with van der Waals surface area (Å²) < 4.78 is 10.4. The number of nitrogens with zero attached hydrogens (tertiary/aromatic N) is 4. The van der Waals surface area contributed by atoms with Gasteiger partial charge in [-0.2, -0.15) is 0 Å². The van der Waals surface area contributed by atoms with Gasteiger partial charge < -0.3 is 29.3 Å². The number of pyridine rings is 2. The van der Waals surface area contributed by atoms with Crippen LogP contribution in [0.4, 0.5) is 0 Å². The standard InChI is InChI=1S/2C14H18N2O3.2Li/c2*17-14(18)13-7-11(1-4-15-13)10-2-5-16(6-3-10)12-8-19-9-12;;/h2*1,4,7,10,12H,2-3,5-6,8-9H2,(H,17,18);;/q;;2*+1/p-2. The second-order valence-electron chi connectivity index (χ2n) is 10.5. The van der Waals surface area contributed by atoms with Gasteiger partial charge in [0.15, 0.2) is 0 Å². The number of hydrogen-bond acceptors (Lipinski definition) is 10. The normalized spacial score (nSPS) is 21.0. The number of rotatable bonds is 6. The molecule has 0 radical (unpaired) electrons. The topological polar surface area (TPSA) is 131 Å². The summed E-state index contributed by atoms with van der Waals surface area (Å²) in [6.45, 7) is 7.65. The predicted octanol–water partition coefficient (Wildman–Crippen LogP) is -5.95. The fourth-order valence-corrected chi connectivity index (χ4v) is 5.69. The molecule has 4 aliphatic heterocycles. The van der Waals surface area contributed by atoms with E-state index in [1.807, 2.05) is 12.1 Å². The van der Waals surface area contributed by atoms with Gasteiger partial charge in [0.05, 0.1) is 61.8 Å². The Hall–Kier alpha value is -1.73. The van der Waals surface area contributed by atoms with Crippen molar-refractivity contribution in [2.75, 3.05) is 52.6 Å². The van der Waals surface area contributed by atoms with E-state index >= 15 is 0 Å². The first-order valence-corrected chi connectivity index (χ1v) is 13.5. The van der Waals surface area contributed by atoms with Gasteiger partial charge in [0, 0.05) is 12.4 Å². The third kappa shape index (κ3) is 8.18. The quantitative estimate of drug-likeness (QED) is 0.329. The van der Waals surface area contributed by atoms with E-state index in [1.54, 1.807) is 24.5 Å². The summed E-state index contributed by atoms with van der Waals surface area (Å²) >= 11 is 0. The largest absolute Gasteiger partial charge is 1.00 e. The Bertz CT molecular complexity index is 1030. The van der Waals surface area contributed by atoms with E-state index in [1.165, 1.54) is 0 Å². The zero-order valence-corrected chi connectivity index (χ0v) is 23.5. The number of hydrogen-bond donors (Lipinski definition) is 0. The smallest absolute Gasteiger partial charge is 0.543 e. The molecule has 0 bridgehead atoms. The first-order chi connectivity index (χ1) is 18.5. The first-order valence-electron chi connectivity index (χ1n) is 13.5. The molecule has 0 N–H and O–H groups in total. The maximum atomic E-state index is 10.8. The third-order valence-electron chi connectivity index (χ3n) is 8.26. The molecule has 2 aromatic heterocycles. The Morgan fingerprint density at radius 2 is 1.02 bits per heavy atom. The van der Waals surface area contributed by atoms with E-state index in [0.717, 1.165) is 89.4 Å². The van der Waals surface area contributed by atoms with Crippen molar-refractivity contribution < 1.29 is 67.0 Å². The molecule has 0 aromatic carbocycles. The van der Waals surface area contributed by atoms with Crippen molar-refractivity contribution in [1.82, 2.24) is 19.8 Å². The first kappa shape index (κ1) is 32.8. The number of carbonyl (C=O) groups is 2. The van der Waals surface area contributed by atoms with Crippen LogP contribution in [0.25, 0.3) is 0 Å². The molecule has 4 fully saturated rings. The van der Waals surface area contributed by atoms with Crippen LogP contribution in [0.5, 0.6) is 0 Å². The summed E-state index contributed by atoms with van der Waals surface area (Å²) in [5.74, 6) is -1.55. The summed E-state index contributed by atoms with van der Waals surface area (Å²) in [6, 6.07) is 8.33. The Kier molecular flexibility index (Phi) is 12.7. The van der Waals surface area contributed by atoms with Crippen LogP contribution in [0.2, 0.25) is 0 Å². The van der Waals surface area contributed by atoms with Gasteiger partial charge in [-0.25, -0.2) is 0 Å². The van der Waals surface area contributed by atoms with Gasteiger partial charge in [0.1, 0.15) is 0 Å². The number of likely N-dealkylation sites (tertiary alicyclic amines) is 2.